The summed E-state index contributed by atoms with van der Waals surface area (Å²) in [5.74, 6) is -0.682. The van der Waals surface area contributed by atoms with Crippen molar-refractivity contribution in [3.63, 3.8) is 0 Å². The summed E-state index contributed by atoms with van der Waals surface area (Å²) in [4.78, 5) is 26.3. The van der Waals surface area contributed by atoms with Gasteiger partial charge in [-0.2, -0.15) is 0 Å². The lowest BCUT2D eigenvalue weighted by molar-refractivity contribution is 0.0998. The SMILES string of the molecule is Cc1cc(C)c(CNC2CCCc3[nH]c(=O)c(C(N)=O)cc32)cc1C. The van der Waals surface area contributed by atoms with E-state index in [-0.39, 0.29) is 11.6 Å². The molecule has 1 unspecified atom stereocenters. The van der Waals surface area contributed by atoms with E-state index in [4.69, 9.17) is 5.73 Å². The molecule has 1 aliphatic rings. The van der Waals surface area contributed by atoms with Crippen LogP contribution >= 0.6 is 0 Å². The Morgan fingerprint density at radius 1 is 1.20 bits per heavy atom. The van der Waals surface area contributed by atoms with Crippen molar-refractivity contribution in [2.45, 2.75) is 52.6 Å². The Balaban J connectivity index is 1.86. The van der Waals surface area contributed by atoms with Gasteiger partial charge in [-0.05, 0) is 73.9 Å². The summed E-state index contributed by atoms with van der Waals surface area (Å²) >= 11 is 0. The summed E-state index contributed by atoms with van der Waals surface area (Å²) < 4.78 is 0. The molecule has 0 spiro atoms. The van der Waals surface area contributed by atoms with Crippen molar-refractivity contribution in [2.75, 3.05) is 0 Å². The molecule has 1 amide bonds. The van der Waals surface area contributed by atoms with Gasteiger partial charge in [0.1, 0.15) is 5.56 Å². The highest BCUT2D eigenvalue weighted by atomic mass is 16.2. The topological polar surface area (TPSA) is 88.0 Å². The van der Waals surface area contributed by atoms with E-state index in [1.54, 1.807) is 6.07 Å². The maximum Gasteiger partial charge on any atom is 0.261 e. The molecule has 25 heavy (non-hydrogen) atoms. The van der Waals surface area contributed by atoms with Gasteiger partial charge < -0.3 is 16.0 Å². The van der Waals surface area contributed by atoms with E-state index in [2.05, 4.69) is 43.2 Å². The van der Waals surface area contributed by atoms with Gasteiger partial charge in [-0.15, -0.1) is 0 Å². The number of aromatic amines is 1. The molecule has 132 valence electrons. The number of aromatic nitrogens is 1. The predicted octanol–water partition coefficient (Wildman–Crippen LogP) is 2.57. The maximum atomic E-state index is 12.0. The summed E-state index contributed by atoms with van der Waals surface area (Å²) in [6, 6.07) is 6.22. The first kappa shape index (κ1) is 17.4. The minimum atomic E-state index is -0.682. The number of benzene rings is 1. The summed E-state index contributed by atoms with van der Waals surface area (Å²) in [6.45, 7) is 7.12. The van der Waals surface area contributed by atoms with Gasteiger partial charge in [-0.25, -0.2) is 0 Å². The van der Waals surface area contributed by atoms with Crippen molar-refractivity contribution in [1.82, 2.24) is 10.3 Å². The van der Waals surface area contributed by atoms with Crippen molar-refractivity contribution in [3.8, 4) is 0 Å². The summed E-state index contributed by atoms with van der Waals surface area (Å²) in [7, 11) is 0. The minimum absolute atomic E-state index is 0.0369. The Hall–Kier alpha value is -2.40. The van der Waals surface area contributed by atoms with Crippen LogP contribution in [-0.4, -0.2) is 10.9 Å². The van der Waals surface area contributed by atoms with Crippen LogP contribution in [0, 0.1) is 20.8 Å². The van der Waals surface area contributed by atoms with E-state index in [1.807, 2.05) is 0 Å². The molecule has 1 atom stereocenters. The van der Waals surface area contributed by atoms with Gasteiger partial charge in [-0.3, -0.25) is 9.59 Å². The molecule has 2 aromatic rings. The third-order valence-corrected chi connectivity index (χ3v) is 5.21. The number of primary amides is 1. The number of hydrogen-bond donors (Lipinski definition) is 3. The predicted molar refractivity (Wildman–Crippen MR) is 98.8 cm³/mol. The van der Waals surface area contributed by atoms with Crippen molar-refractivity contribution >= 4 is 5.91 Å². The van der Waals surface area contributed by atoms with Crippen molar-refractivity contribution < 1.29 is 4.79 Å². The Morgan fingerprint density at radius 3 is 2.64 bits per heavy atom. The first-order chi connectivity index (χ1) is 11.9. The third kappa shape index (κ3) is 3.51. The average molecular weight is 339 g/mol. The van der Waals surface area contributed by atoms with Gasteiger partial charge >= 0.3 is 0 Å². The molecule has 0 fully saturated rings. The Kier molecular flexibility index (Phi) is 4.77. The van der Waals surface area contributed by atoms with Crippen molar-refractivity contribution in [1.29, 1.82) is 0 Å². The van der Waals surface area contributed by atoms with Crippen LogP contribution in [-0.2, 0) is 13.0 Å². The van der Waals surface area contributed by atoms with Crippen LogP contribution in [0.15, 0.2) is 23.0 Å². The zero-order chi connectivity index (χ0) is 18.1. The molecule has 1 aromatic heterocycles. The van der Waals surface area contributed by atoms with Crippen LogP contribution in [0.1, 0.15) is 62.8 Å². The first-order valence-corrected chi connectivity index (χ1v) is 8.73. The normalized spacial score (nSPS) is 16.5. The number of pyridine rings is 1. The number of fused-ring (bicyclic) bond motifs is 1. The molecule has 0 bridgehead atoms. The van der Waals surface area contributed by atoms with Gasteiger partial charge in [0.25, 0.3) is 11.5 Å². The Labute approximate surface area is 147 Å². The quantitative estimate of drug-likeness (QED) is 0.800. The first-order valence-electron chi connectivity index (χ1n) is 8.73. The van der Waals surface area contributed by atoms with E-state index in [9.17, 15) is 9.59 Å². The maximum absolute atomic E-state index is 12.0. The van der Waals surface area contributed by atoms with Crippen LogP contribution in [0.25, 0.3) is 0 Å². The lowest BCUT2D eigenvalue weighted by atomic mass is 9.90. The van der Waals surface area contributed by atoms with Crippen molar-refractivity contribution in [3.05, 3.63) is 67.6 Å². The number of aryl methyl sites for hydroxylation is 4. The molecule has 5 heteroatoms. The number of hydrogen-bond acceptors (Lipinski definition) is 3. The Morgan fingerprint density at radius 2 is 1.92 bits per heavy atom. The van der Waals surface area contributed by atoms with Crippen LogP contribution in [0.5, 0.6) is 0 Å². The zero-order valence-electron chi connectivity index (χ0n) is 15.0. The fraction of sp³-hybridized carbons (Fsp3) is 0.400. The van der Waals surface area contributed by atoms with Crippen LogP contribution in [0.3, 0.4) is 0 Å². The molecule has 1 heterocycles. The smallest absolute Gasteiger partial charge is 0.261 e. The lowest BCUT2D eigenvalue weighted by Gasteiger charge is -2.27. The number of H-pyrrole nitrogens is 1. The molecule has 0 aliphatic heterocycles. The second-order valence-corrected chi connectivity index (χ2v) is 7.00. The van der Waals surface area contributed by atoms with Gasteiger partial charge in [0.05, 0.1) is 0 Å². The molecule has 1 aliphatic carbocycles. The van der Waals surface area contributed by atoms with Crippen LogP contribution in [0.2, 0.25) is 0 Å². The molecule has 5 nitrogen and oxygen atoms in total. The molecule has 0 radical (unpaired) electrons. The number of rotatable bonds is 4. The highest BCUT2D eigenvalue weighted by Gasteiger charge is 2.23. The number of amides is 1. The largest absolute Gasteiger partial charge is 0.365 e. The lowest BCUT2D eigenvalue weighted by Crippen LogP contribution is -2.31. The fourth-order valence-electron chi connectivity index (χ4n) is 3.58. The van der Waals surface area contributed by atoms with E-state index < -0.39 is 11.5 Å². The monoisotopic (exact) mass is 339 g/mol. The summed E-state index contributed by atoms with van der Waals surface area (Å²) in [6.07, 6.45) is 2.80. The molecule has 1 aromatic carbocycles. The van der Waals surface area contributed by atoms with Gasteiger partial charge in [0, 0.05) is 18.3 Å². The highest BCUT2D eigenvalue weighted by Crippen LogP contribution is 2.29. The summed E-state index contributed by atoms with van der Waals surface area (Å²) in [5.41, 5.74) is 12.0. The summed E-state index contributed by atoms with van der Waals surface area (Å²) in [5, 5.41) is 3.59. The van der Waals surface area contributed by atoms with Crippen LogP contribution in [0.4, 0.5) is 0 Å². The molecule has 4 N–H and O–H groups in total. The van der Waals surface area contributed by atoms with Gasteiger partial charge in [0.2, 0.25) is 0 Å². The second kappa shape index (κ2) is 6.84. The standard InChI is InChI=1S/C20H25N3O2/c1-11-7-13(3)14(8-12(11)2)10-22-17-5-4-6-18-15(17)9-16(19(21)24)20(25)23-18/h7-9,17,22H,4-6,10H2,1-3H3,(H2,21,24)(H,23,25). The number of carbonyl (C=O) groups is 1. The molecule has 0 saturated heterocycles. The third-order valence-electron chi connectivity index (χ3n) is 5.21. The minimum Gasteiger partial charge on any atom is -0.365 e. The van der Waals surface area contributed by atoms with E-state index in [0.29, 0.717) is 0 Å². The fourth-order valence-corrected chi connectivity index (χ4v) is 3.58. The molecular weight excluding hydrogens is 314 g/mol. The molecule has 3 rings (SSSR count). The average Bonchev–Trinajstić information content (AvgIpc) is 2.56. The number of nitrogens with two attached hydrogens (primary N) is 1. The second-order valence-electron chi connectivity index (χ2n) is 7.00. The number of carbonyl (C=O) groups excluding carboxylic acids is 1. The van der Waals surface area contributed by atoms with E-state index in [1.165, 1.54) is 22.3 Å². The van der Waals surface area contributed by atoms with Crippen molar-refractivity contribution in [2.24, 2.45) is 5.73 Å². The van der Waals surface area contributed by atoms with E-state index >= 15 is 0 Å². The highest BCUT2D eigenvalue weighted by molar-refractivity contribution is 5.92. The number of nitrogens with one attached hydrogen (secondary N) is 2. The van der Waals surface area contributed by atoms with E-state index in [0.717, 1.165) is 37.1 Å². The zero-order valence-corrected chi connectivity index (χ0v) is 15.0. The molecule has 0 saturated carbocycles. The van der Waals surface area contributed by atoms with Gasteiger partial charge in [-0.1, -0.05) is 12.1 Å². The van der Waals surface area contributed by atoms with Crippen LogP contribution < -0.4 is 16.6 Å². The Bertz CT molecular complexity index is 883. The van der Waals surface area contributed by atoms with Gasteiger partial charge in [0.15, 0.2) is 0 Å². The molecular formula is C20H25N3O2.